The van der Waals surface area contributed by atoms with Crippen molar-refractivity contribution < 1.29 is 8.81 Å². The first-order valence-corrected chi connectivity index (χ1v) is 6.69. The van der Waals surface area contributed by atoms with Crippen LogP contribution in [0, 0.1) is 5.82 Å². The first-order valence-electron chi connectivity index (χ1n) is 5.90. The first kappa shape index (κ1) is 13.3. The van der Waals surface area contributed by atoms with E-state index >= 15 is 0 Å². The van der Waals surface area contributed by atoms with Crippen molar-refractivity contribution in [3.8, 4) is 0 Å². The average Bonchev–Trinajstić information content (AvgIpc) is 2.81. The second-order valence-electron chi connectivity index (χ2n) is 4.11. The fraction of sp³-hybridized carbons (Fsp3) is 0.286. The predicted octanol–water partition coefficient (Wildman–Crippen LogP) is 4.07. The highest BCUT2D eigenvalue weighted by Gasteiger charge is 2.15. The molecule has 1 unspecified atom stereocenters. The minimum Gasteiger partial charge on any atom is -0.472 e. The molecule has 1 atom stereocenters. The van der Waals surface area contributed by atoms with Gasteiger partial charge in [-0.25, -0.2) is 4.39 Å². The van der Waals surface area contributed by atoms with Crippen LogP contribution < -0.4 is 5.32 Å². The van der Waals surface area contributed by atoms with E-state index in [2.05, 4.69) is 28.2 Å². The van der Waals surface area contributed by atoms with Crippen LogP contribution in [0.4, 0.5) is 4.39 Å². The molecule has 0 aliphatic rings. The van der Waals surface area contributed by atoms with Crippen molar-refractivity contribution in [2.45, 2.75) is 19.4 Å². The molecule has 0 fully saturated rings. The summed E-state index contributed by atoms with van der Waals surface area (Å²) in [6.07, 6.45) is 4.22. The lowest BCUT2D eigenvalue weighted by Gasteiger charge is -2.19. The van der Waals surface area contributed by atoms with Crippen LogP contribution in [0.25, 0.3) is 0 Å². The summed E-state index contributed by atoms with van der Waals surface area (Å²) in [5, 5.41) is 3.40. The third kappa shape index (κ3) is 3.21. The monoisotopic (exact) mass is 311 g/mol. The fourth-order valence-electron chi connectivity index (χ4n) is 1.97. The molecule has 0 amide bonds. The summed E-state index contributed by atoms with van der Waals surface area (Å²) in [7, 11) is 0. The van der Waals surface area contributed by atoms with E-state index in [-0.39, 0.29) is 11.9 Å². The highest BCUT2D eigenvalue weighted by molar-refractivity contribution is 9.10. The molecule has 4 heteroatoms. The lowest BCUT2D eigenvalue weighted by atomic mass is 10.0. The lowest BCUT2D eigenvalue weighted by Crippen LogP contribution is -2.23. The standard InChI is InChI=1S/C14H15BrFNO/c1-2-17-14(7-10-5-6-18-9-10)12-4-3-11(16)8-13(12)15/h3-6,8-9,14,17H,2,7H2,1H3. The number of hydrogen-bond donors (Lipinski definition) is 1. The number of rotatable bonds is 5. The molecule has 2 nitrogen and oxygen atoms in total. The second-order valence-corrected chi connectivity index (χ2v) is 4.97. The molecular weight excluding hydrogens is 297 g/mol. The van der Waals surface area contributed by atoms with Crippen LogP contribution in [0.15, 0.2) is 45.7 Å². The molecule has 2 rings (SSSR count). The number of furan rings is 1. The van der Waals surface area contributed by atoms with Gasteiger partial charge in [-0.1, -0.05) is 28.9 Å². The van der Waals surface area contributed by atoms with E-state index in [0.29, 0.717) is 0 Å². The van der Waals surface area contributed by atoms with E-state index in [0.717, 1.165) is 28.6 Å². The third-order valence-electron chi connectivity index (χ3n) is 2.81. The molecule has 96 valence electrons. The van der Waals surface area contributed by atoms with E-state index in [1.54, 1.807) is 12.5 Å². The Morgan fingerprint density at radius 3 is 2.83 bits per heavy atom. The van der Waals surface area contributed by atoms with E-state index in [1.165, 1.54) is 12.1 Å². The van der Waals surface area contributed by atoms with Gasteiger partial charge in [0.05, 0.1) is 12.5 Å². The summed E-state index contributed by atoms with van der Waals surface area (Å²) in [4.78, 5) is 0. The lowest BCUT2D eigenvalue weighted by molar-refractivity contribution is 0.532. The Bertz CT molecular complexity index is 499. The maximum absolute atomic E-state index is 13.1. The predicted molar refractivity (Wildman–Crippen MR) is 72.9 cm³/mol. The van der Waals surface area contributed by atoms with Crippen molar-refractivity contribution >= 4 is 15.9 Å². The zero-order valence-corrected chi connectivity index (χ0v) is 11.7. The van der Waals surface area contributed by atoms with Gasteiger partial charge in [-0.15, -0.1) is 0 Å². The summed E-state index contributed by atoms with van der Waals surface area (Å²) in [5.41, 5.74) is 2.18. The first-order chi connectivity index (χ1) is 8.70. The molecule has 0 saturated heterocycles. The fourth-order valence-corrected chi connectivity index (χ4v) is 2.59. The molecule has 18 heavy (non-hydrogen) atoms. The molecule has 2 aromatic rings. The van der Waals surface area contributed by atoms with Crippen molar-refractivity contribution in [3.05, 3.63) is 58.2 Å². The molecule has 1 aromatic carbocycles. The van der Waals surface area contributed by atoms with Crippen LogP contribution in [0.3, 0.4) is 0 Å². The zero-order chi connectivity index (χ0) is 13.0. The van der Waals surface area contributed by atoms with Gasteiger partial charge in [0, 0.05) is 10.5 Å². The highest BCUT2D eigenvalue weighted by Crippen LogP contribution is 2.27. The van der Waals surface area contributed by atoms with E-state index in [4.69, 9.17) is 4.42 Å². The van der Waals surface area contributed by atoms with Crippen LogP contribution in [-0.2, 0) is 6.42 Å². The molecule has 1 aromatic heterocycles. The molecule has 0 radical (unpaired) electrons. The number of hydrogen-bond acceptors (Lipinski definition) is 2. The molecule has 0 spiro atoms. The number of halogens is 2. The van der Waals surface area contributed by atoms with Gasteiger partial charge in [-0.2, -0.15) is 0 Å². The zero-order valence-electron chi connectivity index (χ0n) is 10.1. The van der Waals surface area contributed by atoms with Crippen LogP contribution >= 0.6 is 15.9 Å². The van der Waals surface area contributed by atoms with Gasteiger partial charge in [0.1, 0.15) is 5.82 Å². The van der Waals surface area contributed by atoms with E-state index < -0.39 is 0 Å². The van der Waals surface area contributed by atoms with Gasteiger partial charge >= 0.3 is 0 Å². The molecule has 0 bridgehead atoms. The second kappa shape index (κ2) is 6.16. The van der Waals surface area contributed by atoms with Crippen molar-refractivity contribution in [3.63, 3.8) is 0 Å². The third-order valence-corrected chi connectivity index (χ3v) is 3.50. The number of benzene rings is 1. The highest BCUT2D eigenvalue weighted by atomic mass is 79.9. The largest absolute Gasteiger partial charge is 0.472 e. The van der Waals surface area contributed by atoms with Gasteiger partial charge in [-0.05, 0) is 42.3 Å². The van der Waals surface area contributed by atoms with Crippen molar-refractivity contribution in [1.82, 2.24) is 5.32 Å². The summed E-state index contributed by atoms with van der Waals surface area (Å²) < 4.78 is 19.0. The SMILES string of the molecule is CCNC(Cc1ccoc1)c1ccc(F)cc1Br. The smallest absolute Gasteiger partial charge is 0.124 e. The Morgan fingerprint density at radius 2 is 2.22 bits per heavy atom. The van der Waals surface area contributed by atoms with Crippen LogP contribution in [0.2, 0.25) is 0 Å². The maximum atomic E-state index is 13.1. The van der Waals surface area contributed by atoms with Gasteiger partial charge < -0.3 is 9.73 Å². The van der Waals surface area contributed by atoms with E-state index in [9.17, 15) is 4.39 Å². The summed E-state index contributed by atoms with van der Waals surface area (Å²) in [6.45, 7) is 2.91. The summed E-state index contributed by atoms with van der Waals surface area (Å²) in [6, 6.07) is 6.88. The van der Waals surface area contributed by atoms with Crippen molar-refractivity contribution in [2.24, 2.45) is 0 Å². The average molecular weight is 312 g/mol. The quantitative estimate of drug-likeness (QED) is 0.900. The topological polar surface area (TPSA) is 25.2 Å². The normalized spacial score (nSPS) is 12.6. The van der Waals surface area contributed by atoms with Crippen molar-refractivity contribution in [1.29, 1.82) is 0 Å². The van der Waals surface area contributed by atoms with Crippen LogP contribution in [0.1, 0.15) is 24.1 Å². The Morgan fingerprint density at radius 1 is 1.39 bits per heavy atom. The van der Waals surface area contributed by atoms with Crippen LogP contribution in [-0.4, -0.2) is 6.54 Å². The molecule has 0 aliphatic heterocycles. The van der Waals surface area contributed by atoms with Gasteiger partial charge in [0.2, 0.25) is 0 Å². The van der Waals surface area contributed by atoms with Gasteiger partial charge in [0.25, 0.3) is 0 Å². The molecule has 0 saturated carbocycles. The summed E-state index contributed by atoms with van der Waals surface area (Å²) in [5.74, 6) is -0.232. The Kier molecular flexibility index (Phi) is 4.55. The Balaban J connectivity index is 2.23. The van der Waals surface area contributed by atoms with Gasteiger partial charge in [-0.3, -0.25) is 0 Å². The van der Waals surface area contributed by atoms with Gasteiger partial charge in [0.15, 0.2) is 0 Å². The molecule has 1 heterocycles. The number of nitrogens with one attached hydrogen (secondary N) is 1. The van der Waals surface area contributed by atoms with Crippen LogP contribution in [0.5, 0.6) is 0 Å². The maximum Gasteiger partial charge on any atom is 0.124 e. The Hall–Kier alpha value is -1.13. The Labute approximate surface area is 114 Å². The molecular formula is C14H15BrFNO. The summed E-state index contributed by atoms with van der Waals surface area (Å²) >= 11 is 3.42. The number of likely N-dealkylation sites (N-methyl/N-ethyl adjacent to an activating group) is 1. The van der Waals surface area contributed by atoms with E-state index in [1.807, 2.05) is 12.1 Å². The molecule has 1 N–H and O–H groups in total. The molecule has 0 aliphatic carbocycles. The minimum atomic E-state index is -0.232. The van der Waals surface area contributed by atoms with Crippen molar-refractivity contribution in [2.75, 3.05) is 6.54 Å². The minimum absolute atomic E-state index is 0.141.